The summed E-state index contributed by atoms with van der Waals surface area (Å²) in [5, 5.41) is 0. The van der Waals surface area contributed by atoms with Gasteiger partial charge in [-0.1, -0.05) is 44.9 Å². The van der Waals surface area contributed by atoms with Crippen molar-refractivity contribution >= 4 is 0 Å². The van der Waals surface area contributed by atoms with E-state index >= 15 is 0 Å². The van der Waals surface area contributed by atoms with Crippen molar-refractivity contribution in [3.8, 4) is 0 Å². The first-order valence-corrected chi connectivity index (χ1v) is 6.07. The highest BCUT2D eigenvalue weighted by Crippen LogP contribution is 2.37. The average molecular weight is 181 g/mol. The van der Waals surface area contributed by atoms with Gasteiger partial charge in [0.1, 0.15) is 0 Å². The average Bonchev–Trinajstić information content (AvgIpc) is 2.54. The standard InChI is InChI=1S/C12H23N/c13-12(8-4-5-9-12)10-11-6-2-1-3-7-11/h11H,1-10,13H2. The second-order valence-corrected chi connectivity index (χ2v) is 5.28. The highest BCUT2D eigenvalue weighted by molar-refractivity contribution is 4.91. The molecule has 0 aromatic heterocycles. The molecule has 0 heterocycles. The topological polar surface area (TPSA) is 26.0 Å². The molecule has 2 N–H and O–H groups in total. The Balaban J connectivity index is 1.81. The van der Waals surface area contributed by atoms with Crippen LogP contribution in [-0.2, 0) is 0 Å². The van der Waals surface area contributed by atoms with E-state index in [1.54, 1.807) is 0 Å². The summed E-state index contributed by atoms with van der Waals surface area (Å²) >= 11 is 0. The lowest BCUT2D eigenvalue weighted by Crippen LogP contribution is -2.38. The van der Waals surface area contributed by atoms with Gasteiger partial charge >= 0.3 is 0 Å². The maximum absolute atomic E-state index is 6.39. The molecule has 2 saturated carbocycles. The summed E-state index contributed by atoms with van der Waals surface area (Å²) in [6.45, 7) is 0. The molecule has 0 aromatic rings. The van der Waals surface area contributed by atoms with Crippen LogP contribution < -0.4 is 5.73 Å². The minimum atomic E-state index is 0.252. The third-order valence-electron chi connectivity index (χ3n) is 4.02. The Labute approximate surface area is 82.1 Å². The molecule has 0 saturated heterocycles. The van der Waals surface area contributed by atoms with Crippen LogP contribution in [0.3, 0.4) is 0 Å². The summed E-state index contributed by atoms with van der Waals surface area (Å²) in [7, 11) is 0. The molecule has 2 aliphatic rings. The fourth-order valence-corrected chi connectivity index (χ4v) is 3.25. The molecule has 0 atom stereocenters. The molecule has 0 aliphatic heterocycles. The molecule has 1 heteroatoms. The Morgan fingerprint density at radius 3 is 2.15 bits per heavy atom. The Morgan fingerprint density at radius 2 is 1.54 bits per heavy atom. The van der Waals surface area contributed by atoms with Gasteiger partial charge < -0.3 is 5.73 Å². The van der Waals surface area contributed by atoms with E-state index in [0.29, 0.717) is 0 Å². The third-order valence-corrected chi connectivity index (χ3v) is 4.02. The van der Waals surface area contributed by atoms with Crippen molar-refractivity contribution < 1.29 is 0 Å². The van der Waals surface area contributed by atoms with E-state index in [-0.39, 0.29) is 5.54 Å². The molecule has 2 aliphatic carbocycles. The smallest absolute Gasteiger partial charge is 0.0157 e. The lowest BCUT2D eigenvalue weighted by atomic mass is 9.79. The SMILES string of the molecule is NC1(CC2CCCCC2)CCCC1. The molecule has 0 radical (unpaired) electrons. The fraction of sp³-hybridized carbons (Fsp3) is 1.00. The van der Waals surface area contributed by atoms with Crippen molar-refractivity contribution in [3.63, 3.8) is 0 Å². The van der Waals surface area contributed by atoms with Crippen molar-refractivity contribution in [2.75, 3.05) is 0 Å². The van der Waals surface area contributed by atoms with E-state index in [0.717, 1.165) is 5.92 Å². The zero-order valence-corrected chi connectivity index (χ0v) is 8.73. The van der Waals surface area contributed by atoms with E-state index in [2.05, 4.69) is 0 Å². The van der Waals surface area contributed by atoms with Crippen molar-refractivity contribution in [2.24, 2.45) is 11.7 Å². The van der Waals surface area contributed by atoms with E-state index in [9.17, 15) is 0 Å². The van der Waals surface area contributed by atoms with Crippen molar-refractivity contribution in [1.82, 2.24) is 0 Å². The predicted octanol–water partition coefficient (Wildman–Crippen LogP) is 3.23. The van der Waals surface area contributed by atoms with Crippen LogP contribution in [-0.4, -0.2) is 5.54 Å². The first kappa shape index (κ1) is 9.51. The van der Waals surface area contributed by atoms with Crippen LogP contribution in [0.4, 0.5) is 0 Å². The second kappa shape index (κ2) is 4.00. The zero-order valence-electron chi connectivity index (χ0n) is 8.73. The van der Waals surface area contributed by atoms with E-state index in [4.69, 9.17) is 5.73 Å². The number of hydrogen-bond acceptors (Lipinski definition) is 1. The molecule has 2 fully saturated rings. The van der Waals surface area contributed by atoms with Gasteiger partial charge in [0.15, 0.2) is 0 Å². The molecule has 0 unspecified atom stereocenters. The van der Waals surface area contributed by atoms with Gasteiger partial charge in [-0.15, -0.1) is 0 Å². The third kappa shape index (κ3) is 2.46. The van der Waals surface area contributed by atoms with Gasteiger partial charge in [0.2, 0.25) is 0 Å². The van der Waals surface area contributed by atoms with Crippen LogP contribution in [0.1, 0.15) is 64.2 Å². The summed E-state index contributed by atoms with van der Waals surface area (Å²) < 4.78 is 0. The first-order valence-electron chi connectivity index (χ1n) is 6.07. The minimum Gasteiger partial charge on any atom is -0.325 e. The normalized spacial score (nSPS) is 29.3. The molecule has 0 bridgehead atoms. The fourth-order valence-electron chi connectivity index (χ4n) is 3.25. The maximum Gasteiger partial charge on any atom is 0.0157 e. The van der Waals surface area contributed by atoms with Crippen LogP contribution in [0.15, 0.2) is 0 Å². The first-order chi connectivity index (χ1) is 6.29. The quantitative estimate of drug-likeness (QED) is 0.695. The molecule has 2 rings (SSSR count). The van der Waals surface area contributed by atoms with E-state index < -0.39 is 0 Å². The molecule has 0 amide bonds. The van der Waals surface area contributed by atoms with Gasteiger partial charge in [-0.25, -0.2) is 0 Å². The van der Waals surface area contributed by atoms with Gasteiger partial charge in [-0.05, 0) is 25.2 Å². The Bertz CT molecular complexity index is 153. The van der Waals surface area contributed by atoms with E-state index in [1.165, 1.54) is 64.2 Å². The van der Waals surface area contributed by atoms with Crippen LogP contribution in [0, 0.1) is 5.92 Å². The highest BCUT2D eigenvalue weighted by Gasteiger charge is 2.32. The van der Waals surface area contributed by atoms with Crippen LogP contribution in [0.2, 0.25) is 0 Å². The molecular formula is C12H23N. The largest absolute Gasteiger partial charge is 0.325 e. The number of rotatable bonds is 2. The summed E-state index contributed by atoms with van der Waals surface area (Å²) in [6.07, 6.45) is 14.0. The molecule has 76 valence electrons. The number of nitrogens with two attached hydrogens (primary N) is 1. The lowest BCUT2D eigenvalue weighted by molar-refractivity contribution is 0.260. The lowest BCUT2D eigenvalue weighted by Gasteiger charge is -2.31. The van der Waals surface area contributed by atoms with Gasteiger partial charge in [0, 0.05) is 5.54 Å². The Kier molecular flexibility index (Phi) is 2.92. The van der Waals surface area contributed by atoms with Crippen LogP contribution >= 0.6 is 0 Å². The van der Waals surface area contributed by atoms with Crippen molar-refractivity contribution in [1.29, 1.82) is 0 Å². The van der Waals surface area contributed by atoms with Crippen LogP contribution in [0.5, 0.6) is 0 Å². The van der Waals surface area contributed by atoms with Gasteiger partial charge in [-0.3, -0.25) is 0 Å². The number of hydrogen-bond donors (Lipinski definition) is 1. The van der Waals surface area contributed by atoms with Crippen molar-refractivity contribution in [2.45, 2.75) is 69.7 Å². The molecule has 0 aromatic carbocycles. The summed E-state index contributed by atoms with van der Waals surface area (Å²) in [6, 6.07) is 0. The van der Waals surface area contributed by atoms with Crippen LogP contribution in [0.25, 0.3) is 0 Å². The zero-order chi connectivity index (χ0) is 9.15. The minimum absolute atomic E-state index is 0.252. The highest BCUT2D eigenvalue weighted by atomic mass is 14.8. The predicted molar refractivity (Wildman–Crippen MR) is 56.6 cm³/mol. The monoisotopic (exact) mass is 181 g/mol. The summed E-state index contributed by atoms with van der Waals surface area (Å²) in [5.41, 5.74) is 6.64. The summed E-state index contributed by atoms with van der Waals surface area (Å²) in [4.78, 5) is 0. The Hall–Kier alpha value is -0.0400. The van der Waals surface area contributed by atoms with Gasteiger partial charge in [-0.2, -0.15) is 0 Å². The molecular weight excluding hydrogens is 158 g/mol. The van der Waals surface area contributed by atoms with Gasteiger partial charge in [0.05, 0.1) is 0 Å². The van der Waals surface area contributed by atoms with Gasteiger partial charge in [0.25, 0.3) is 0 Å². The van der Waals surface area contributed by atoms with Crippen molar-refractivity contribution in [3.05, 3.63) is 0 Å². The Morgan fingerprint density at radius 1 is 0.923 bits per heavy atom. The summed E-state index contributed by atoms with van der Waals surface area (Å²) in [5.74, 6) is 0.969. The van der Waals surface area contributed by atoms with E-state index in [1.807, 2.05) is 0 Å². The second-order valence-electron chi connectivity index (χ2n) is 5.28. The maximum atomic E-state index is 6.39. The molecule has 13 heavy (non-hydrogen) atoms. The molecule has 0 spiro atoms. The molecule has 1 nitrogen and oxygen atoms in total.